The Morgan fingerprint density at radius 3 is 2.28 bits per heavy atom. The summed E-state index contributed by atoms with van der Waals surface area (Å²) in [6.07, 6.45) is 6.76. The summed E-state index contributed by atoms with van der Waals surface area (Å²) in [4.78, 5) is 0. The largest absolute Gasteiger partial charge is 0.321 e. The zero-order chi connectivity index (χ0) is 22.7. The second-order valence-electron chi connectivity index (χ2n) is 9.24. The molecule has 2 nitrogen and oxygen atoms in total. The third kappa shape index (κ3) is 4.47. The molecule has 0 fully saturated rings. The Morgan fingerprint density at radius 1 is 0.844 bits per heavy atom. The maximum Gasteiger partial charge on any atom is 0.0519 e. The lowest BCUT2D eigenvalue weighted by Gasteiger charge is -2.30. The summed E-state index contributed by atoms with van der Waals surface area (Å²) in [7, 11) is 0. The molecule has 1 atom stereocenters. The Morgan fingerprint density at radius 2 is 1.59 bits per heavy atom. The van der Waals surface area contributed by atoms with Crippen LogP contribution in [-0.4, -0.2) is 0 Å². The predicted molar refractivity (Wildman–Crippen MR) is 138 cm³/mol. The fourth-order valence-corrected chi connectivity index (χ4v) is 5.31. The smallest absolute Gasteiger partial charge is 0.0519 e. The molecule has 0 aromatic heterocycles. The summed E-state index contributed by atoms with van der Waals surface area (Å²) in [5, 5.41) is 0. The zero-order valence-electron chi connectivity index (χ0n) is 20.4. The lowest BCUT2D eigenvalue weighted by atomic mass is 9.81. The summed E-state index contributed by atoms with van der Waals surface area (Å²) in [6, 6.07) is 18.8. The second kappa shape index (κ2) is 9.92. The molecule has 1 aliphatic rings. The molecule has 3 aromatic carbocycles. The highest BCUT2D eigenvalue weighted by atomic mass is 15.4. The first-order valence-corrected chi connectivity index (χ1v) is 12.4. The maximum absolute atomic E-state index is 3.68. The van der Waals surface area contributed by atoms with E-state index >= 15 is 0 Å². The highest BCUT2D eigenvalue weighted by Gasteiger charge is 2.24. The first-order valence-electron chi connectivity index (χ1n) is 12.4. The first kappa shape index (κ1) is 22.6. The molecule has 0 saturated carbocycles. The molecule has 0 spiro atoms. The number of nitrogens with one attached hydrogen (secondary N) is 2. The Bertz CT molecular complexity index is 1070. The molecular weight excluding hydrogens is 388 g/mol. The van der Waals surface area contributed by atoms with E-state index in [1.807, 2.05) is 0 Å². The topological polar surface area (TPSA) is 24.1 Å². The monoisotopic (exact) mass is 426 g/mol. The SMILES string of the molecule is CCc1ccc(C)c(NNC2CCCc3cc(-c4c(CC)cccc4CC)cc(C)c32)c1. The van der Waals surface area contributed by atoms with E-state index in [-0.39, 0.29) is 0 Å². The van der Waals surface area contributed by atoms with E-state index in [0.29, 0.717) is 6.04 Å². The van der Waals surface area contributed by atoms with Crippen LogP contribution in [0.1, 0.15) is 78.6 Å². The van der Waals surface area contributed by atoms with Gasteiger partial charge >= 0.3 is 0 Å². The van der Waals surface area contributed by atoms with Gasteiger partial charge in [0.1, 0.15) is 0 Å². The third-order valence-corrected chi connectivity index (χ3v) is 7.14. The van der Waals surface area contributed by atoms with Crippen LogP contribution in [0.3, 0.4) is 0 Å². The molecule has 1 unspecified atom stereocenters. The molecule has 0 heterocycles. The lowest BCUT2D eigenvalue weighted by molar-refractivity contribution is 0.491. The van der Waals surface area contributed by atoms with Gasteiger partial charge in [0.05, 0.1) is 11.7 Å². The van der Waals surface area contributed by atoms with Gasteiger partial charge in [0.25, 0.3) is 0 Å². The molecule has 168 valence electrons. The van der Waals surface area contributed by atoms with Gasteiger partial charge < -0.3 is 5.43 Å². The molecule has 4 rings (SSSR count). The average Bonchev–Trinajstić information content (AvgIpc) is 2.82. The highest BCUT2D eigenvalue weighted by Crippen LogP contribution is 2.38. The Labute approximate surface area is 194 Å². The van der Waals surface area contributed by atoms with Crippen LogP contribution in [0.25, 0.3) is 11.1 Å². The van der Waals surface area contributed by atoms with Gasteiger partial charge in [-0.1, -0.05) is 63.2 Å². The van der Waals surface area contributed by atoms with E-state index in [1.54, 1.807) is 0 Å². The van der Waals surface area contributed by atoms with Crippen LogP contribution < -0.4 is 10.9 Å². The number of benzene rings is 3. The van der Waals surface area contributed by atoms with Gasteiger partial charge in [-0.25, -0.2) is 5.43 Å². The van der Waals surface area contributed by atoms with Crippen LogP contribution >= 0.6 is 0 Å². The van der Waals surface area contributed by atoms with E-state index < -0.39 is 0 Å². The van der Waals surface area contributed by atoms with Crippen LogP contribution in [0, 0.1) is 13.8 Å². The summed E-state index contributed by atoms with van der Waals surface area (Å²) < 4.78 is 0. The Hall–Kier alpha value is -2.58. The van der Waals surface area contributed by atoms with E-state index in [0.717, 1.165) is 19.3 Å². The van der Waals surface area contributed by atoms with E-state index in [9.17, 15) is 0 Å². The quantitative estimate of drug-likeness (QED) is 0.379. The van der Waals surface area contributed by atoms with Crippen molar-refractivity contribution in [2.75, 3.05) is 5.43 Å². The zero-order valence-corrected chi connectivity index (χ0v) is 20.4. The van der Waals surface area contributed by atoms with Crippen LogP contribution in [0.5, 0.6) is 0 Å². The first-order chi connectivity index (χ1) is 15.5. The molecule has 0 saturated heterocycles. The number of aryl methyl sites for hydroxylation is 6. The van der Waals surface area contributed by atoms with Crippen molar-refractivity contribution < 1.29 is 0 Å². The van der Waals surface area contributed by atoms with Crippen LogP contribution in [0.4, 0.5) is 5.69 Å². The molecule has 0 radical (unpaired) electrons. The third-order valence-electron chi connectivity index (χ3n) is 7.14. The fourth-order valence-electron chi connectivity index (χ4n) is 5.31. The second-order valence-corrected chi connectivity index (χ2v) is 9.24. The number of rotatable bonds is 7. The van der Waals surface area contributed by atoms with Crippen molar-refractivity contribution in [3.05, 3.63) is 87.5 Å². The molecule has 0 amide bonds. The molecule has 0 aliphatic heterocycles. The van der Waals surface area contributed by atoms with E-state index in [1.165, 1.54) is 75.0 Å². The van der Waals surface area contributed by atoms with Crippen molar-refractivity contribution in [2.45, 2.75) is 79.2 Å². The molecule has 3 aromatic rings. The number of anilines is 1. The van der Waals surface area contributed by atoms with Crippen molar-refractivity contribution in [2.24, 2.45) is 0 Å². The minimum absolute atomic E-state index is 0.338. The standard InChI is InChI=1S/C30H38N2/c1-6-22-16-15-20(4)28(18-22)32-31-27-14-10-13-25-19-26(17-21(5)29(25)27)30-23(7-2)11-9-12-24(30)8-3/h9,11-12,15-19,27,31-32H,6-8,10,13-14H2,1-5H3. The van der Waals surface area contributed by atoms with Crippen LogP contribution in [0.15, 0.2) is 48.5 Å². The Balaban J connectivity index is 1.66. The van der Waals surface area contributed by atoms with Crippen molar-refractivity contribution in [3.8, 4) is 11.1 Å². The number of hydrogen-bond donors (Lipinski definition) is 2. The van der Waals surface area contributed by atoms with E-state index in [4.69, 9.17) is 0 Å². The summed E-state index contributed by atoms with van der Waals surface area (Å²) >= 11 is 0. The van der Waals surface area contributed by atoms with Gasteiger partial charge in [-0.05, 0) is 109 Å². The molecule has 2 heteroatoms. The van der Waals surface area contributed by atoms with Crippen LogP contribution in [0.2, 0.25) is 0 Å². The van der Waals surface area contributed by atoms with Crippen molar-refractivity contribution >= 4 is 5.69 Å². The summed E-state index contributed by atoms with van der Waals surface area (Å²) in [5.74, 6) is 0. The molecule has 32 heavy (non-hydrogen) atoms. The van der Waals surface area contributed by atoms with Gasteiger partial charge in [0, 0.05) is 0 Å². The molecule has 2 N–H and O–H groups in total. The van der Waals surface area contributed by atoms with Gasteiger partial charge in [-0.2, -0.15) is 0 Å². The summed E-state index contributed by atoms with van der Waals surface area (Å²) in [6.45, 7) is 11.2. The van der Waals surface area contributed by atoms with Gasteiger partial charge in [0.2, 0.25) is 0 Å². The lowest BCUT2D eigenvalue weighted by Crippen LogP contribution is -2.31. The van der Waals surface area contributed by atoms with E-state index in [2.05, 4.69) is 94.0 Å². The average molecular weight is 427 g/mol. The number of hydrazine groups is 1. The highest BCUT2D eigenvalue weighted by molar-refractivity contribution is 5.73. The predicted octanol–water partition coefficient (Wildman–Crippen LogP) is 7.65. The molecular formula is C30H38N2. The number of hydrogen-bond acceptors (Lipinski definition) is 2. The van der Waals surface area contributed by atoms with Crippen molar-refractivity contribution in [3.63, 3.8) is 0 Å². The maximum atomic E-state index is 3.68. The van der Waals surface area contributed by atoms with Crippen molar-refractivity contribution in [1.29, 1.82) is 0 Å². The van der Waals surface area contributed by atoms with Crippen LogP contribution in [-0.2, 0) is 25.7 Å². The number of fused-ring (bicyclic) bond motifs is 1. The van der Waals surface area contributed by atoms with Gasteiger partial charge in [-0.3, -0.25) is 0 Å². The Kier molecular flexibility index (Phi) is 7.01. The molecule has 1 aliphatic carbocycles. The normalized spacial score (nSPS) is 15.5. The fraction of sp³-hybridized carbons (Fsp3) is 0.400. The minimum atomic E-state index is 0.338. The summed E-state index contributed by atoms with van der Waals surface area (Å²) in [5.41, 5.74) is 21.3. The molecule has 0 bridgehead atoms. The minimum Gasteiger partial charge on any atom is -0.321 e. The van der Waals surface area contributed by atoms with Gasteiger partial charge in [0.15, 0.2) is 0 Å². The van der Waals surface area contributed by atoms with Gasteiger partial charge in [-0.15, -0.1) is 0 Å². The van der Waals surface area contributed by atoms with Crippen molar-refractivity contribution in [1.82, 2.24) is 5.43 Å².